The van der Waals surface area contributed by atoms with Crippen LogP contribution in [0.5, 0.6) is 0 Å². The molecule has 1 aromatic carbocycles. The number of carbonyl (C=O) groups excluding carboxylic acids is 1. The van der Waals surface area contributed by atoms with Crippen molar-refractivity contribution in [1.29, 1.82) is 0 Å². The number of carbonyl (C=O) groups is 1. The monoisotopic (exact) mass is 484 g/mol. The van der Waals surface area contributed by atoms with Gasteiger partial charge in [0.05, 0.1) is 23.9 Å². The highest BCUT2D eigenvalue weighted by Gasteiger charge is 2.36. The van der Waals surface area contributed by atoms with Gasteiger partial charge in [0.1, 0.15) is 18.4 Å². The first-order valence-corrected chi connectivity index (χ1v) is 12.6. The van der Waals surface area contributed by atoms with Gasteiger partial charge < -0.3 is 20.1 Å². The van der Waals surface area contributed by atoms with Crippen LogP contribution in [0.2, 0.25) is 5.02 Å². The maximum absolute atomic E-state index is 12.4. The van der Waals surface area contributed by atoms with Gasteiger partial charge in [-0.15, -0.1) is 0 Å². The molecule has 0 saturated carbocycles. The summed E-state index contributed by atoms with van der Waals surface area (Å²) in [5, 5.41) is 18.2. The molecule has 2 unspecified atom stereocenters. The Morgan fingerprint density at radius 1 is 1.21 bits per heavy atom. The fourth-order valence-corrected chi connectivity index (χ4v) is 5.79. The van der Waals surface area contributed by atoms with Crippen LogP contribution < -0.4 is 15.5 Å². The molecule has 0 amide bonds. The molecule has 3 heterocycles. The lowest BCUT2D eigenvalue weighted by Gasteiger charge is -2.43. The third kappa shape index (κ3) is 4.70. The molecule has 5 atom stereocenters. The number of halogens is 1. The first kappa shape index (κ1) is 23.6. The van der Waals surface area contributed by atoms with E-state index in [1.165, 1.54) is 0 Å². The average molecular weight is 485 g/mol. The second-order valence-corrected chi connectivity index (χ2v) is 10.1. The minimum atomic E-state index is -0.505. The molecule has 3 N–H and O–H groups in total. The Balaban J connectivity index is 1.35. The van der Waals surface area contributed by atoms with E-state index in [1.54, 1.807) is 6.33 Å². The molecule has 2 saturated heterocycles. The smallest absolute Gasteiger partial charge is 0.135 e. The molecule has 9 heteroatoms. The standard InChI is InChI=1S/C25H33ClN6O2/c1-16-12-21(34)23-22(16)25(29-15-28-23)32-10-8-31(9-11-32)24(30-19-6-7-27-13-19)20(14-33)17-2-4-18(26)5-3-17/h2-5,14-16,19-21,24,27,30,34H,6-13H2,1H3/t16-,19+,20?,21-,24?/m1/s1. The van der Waals surface area contributed by atoms with E-state index >= 15 is 0 Å². The van der Waals surface area contributed by atoms with Gasteiger partial charge in [-0.05, 0) is 43.0 Å². The number of piperazine rings is 1. The number of aliphatic hydroxyl groups is 1. The number of rotatable bonds is 7. The highest BCUT2D eigenvalue weighted by atomic mass is 35.5. The predicted octanol–water partition coefficient (Wildman–Crippen LogP) is 2.05. The number of benzene rings is 1. The molecule has 1 aromatic heterocycles. The lowest BCUT2D eigenvalue weighted by molar-refractivity contribution is -0.111. The molecule has 0 radical (unpaired) electrons. The number of aliphatic hydroxyl groups excluding tert-OH is 1. The number of nitrogens with zero attached hydrogens (tertiary/aromatic N) is 4. The molecule has 2 aromatic rings. The third-order valence-corrected chi connectivity index (χ3v) is 7.75. The summed E-state index contributed by atoms with van der Waals surface area (Å²) in [5.41, 5.74) is 2.83. The topological polar surface area (TPSA) is 93.6 Å². The molecule has 0 spiro atoms. The van der Waals surface area contributed by atoms with Crippen LogP contribution in [0.1, 0.15) is 54.5 Å². The summed E-state index contributed by atoms with van der Waals surface area (Å²) >= 11 is 6.10. The molecule has 5 rings (SSSR count). The lowest BCUT2D eigenvalue weighted by Crippen LogP contribution is -2.59. The molecule has 0 bridgehead atoms. The highest BCUT2D eigenvalue weighted by Crippen LogP contribution is 2.42. The van der Waals surface area contributed by atoms with Crippen LogP contribution in [-0.4, -0.2) is 77.7 Å². The fourth-order valence-electron chi connectivity index (χ4n) is 5.66. The molecular formula is C25H33ClN6O2. The summed E-state index contributed by atoms with van der Waals surface area (Å²) in [6.45, 7) is 7.27. The summed E-state index contributed by atoms with van der Waals surface area (Å²) in [6.07, 6.45) is 3.79. The van der Waals surface area contributed by atoms with Crippen molar-refractivity contribution in [1.82, 2.24) is 25.5 Å². The Labute approximate surface area is 205 Å². The normalized spacial score (nSPS) is 26.9. The maximum Gasteiger partial charge on any atom is 0.135 e. The van der Waals surface area contributed by atoms with Crippen LogP contribution in [0.3, 0.4) is 0 Å². The lowest BCUT2D eigenvalue weighted by atomic mass is 9.95. The van der Waals surface area contributed by atoms with Crippen LogP contribution in [-0.2, 0) is 4.79 Å². The van der Waals surface area contributed by atoms with Crippen molar-refractivity contribution in [2.75, 3.05) is 44.2 Å². The first-order chi connectivity index (χ1) is 16.5. The number of hydrogen-bond acceptors (Lipinski definition) is 8. The van der Waals surface area contributed by atoms with E-state index < -0.39 is 6.10 Å². The van der Waals surface area contributed by atoms with Crippen molar-refractivity contribution in [2.24, 2.45) is 0 Å². The zero-order valence-corrected chi connectivity index (χ0v) is 20.3. The quantitative estimate of drug-likeness (QED) is 0.514. The Kier molecular flexibility index (Phi) is 7.13. The highest BCUT2D eigenvalue weighted by molar-refractivity contribution is 6.30. The fraction of sp³-hybridized carbons (Fsp3) is 0.560. The zero-order valence-electron chi connectivity index (χ0n) is 19.5. The van der Waals surface area contributed by atoms with E-state index in [-0.39, 0.29) is 18.0 Å². The Morgan fingerprint density at radius 2 is 1.97 bits per heavy atom. The van der Waals surface area contributed by atoms with Gasteiger partial charge in [0.15, 0.2) is 0 Å². The van der Waals surface area contributed by atoms with Crippen LogP contribution in [0.4, 0.5) is 5.82 Å². The minimum absolute atomic E-state index is 0.0948. The van der Waals surface area contributed by atoms with E-state index in [2.05, 4.69) is 37.3 Å². The molecule has 182 valence electrons. The van der Waals surface area contributed by atoms with E-state index in [0.29, 0.717) is 17.5 Å². The summed E-state index contributed by atoms with van der Waals surface area (Å²) in [7, 11) is 0. The molecule has 3 aliphatic rings. The predicted molar refractivity (Wildman–Crippen MR) is 132 cm³/mol. The van der Waals surface area contributed by atoms with Crippen LogP contribution in [0, 0.1) is 0 Å². The van der Waals surface area contributed by atoms with Crippen molar-refractivity contribution in [3.05, 3.63) is 52.4 Å². The van der Waals surface area contributed by atoms with Crippen LogP contribution in [0.15, 0.2) is 30.6 Å². The van der Waals surface area contributed by atoms with Gasteiger partial charge in [-0.1, -0.05) is 30.7 Å². The number of nitrogens with one attached hydrogen (secondary N) is 2. The number of fused-ring (bicyclic) bond motifs is 1. The Hall–Kier alpha value is -2.10. The largest absolute Gasteiger partial charge is 0.387 e. The first-order valence-electron chi connectivity index (χ1n) is 12.2. The minimum Gasteiger partial charge on any atom is -0.387 e. The zero-order chi connectivity index (χ0) is 23.7. The van der Waals surface area contributed by atoms with E-state index in [1.807, 2.05) is 24.3 Å². The summed E-state index contributed by atoms with van der Waals surface area (Å²) < 4.78 is 0. The van der Waals surface area contributed by atoms with Crippen molar-refractivity contribution >= 4 is 23.7 Å². The van der Waals surface area contributed by atoms with Gasteiger partial charge in [0.2, 0.25) is 0 Å². The van der Waals surface area contributed by atoms with E-state index in [0.717, 1.165) is 74.6 Å². The summed E-state index contributed by atoms with van der Waals surface area (Å²) in [4.78, 5) is 26.0. The van der Waals surface area contributed by atoms with E-state index in [9.17, 15) is 9.90 Å². The second-order valence-electron chi connectivity index (χ2n) is 9.69. The van der Waals surface area contributed by atoms with Gasteiger partial charge in [-0.3, -0.25) is 10.2 Å². The number of hydrogen-bond donors (Lipinski definition) is 3. The van der Waals surface area contributed by atoms with Crippen molar-refractivity contribution < 1.29 is 9.90 Å². The van der Waals surface area contributed by atoms with Crippen LogP contribution >= 0.6 is 11.6 Å². The number of anilines is 1. The Bertz CT molecular complexity index is 991. The van der Waals surface area contributed by atoms with Crippen molar-refractivity contribution in [3.8, 4) is 0 Å². The molecule has 2 aliphatic heterocycles. The molecule has 34 heavy (non-hydrogen) atoms. The average Bonchev–Trinajstić information content (AvgIpc) is 3.48. The molecule has 2 fully saturated rings. The van der Waals surface area contributed by atoms with Gasteiger partial charge in [0, 0.05) is 49.4 Å². The number of aldehydes is 1. The van der Waals surface area contributed by atoms with Crippen LogP contribution in [0.25, 0.3) is 0 Å². The maximum atomic E-state index is 12.4. The van der Waals surface area contributed by atoms with E-state index in [4.69, 9.17) is 11.6 Å². The summed E-state index contributed by atoms with van der Waals surface area (Å²) in [6, 6.07) is 7.95. The molecule has 8 nitrogen and oxygen atoms in total. The van der Waals surface area contributed by atoms with Gasteiger partial charge in [-0.2, -0.15) is 0 Å². The van der Waals surface area contributed by atoms with Gasteiger partial charge >= 0.3 is 0 Å². The molecule has 1 aliphatic carbocycles. The second kappa shape index (κ2) is 10.3. The third-order valence-electron chi connectivity index (χ3n) is 7.49. The molecular weight excluding hydrogens is 452 g/mol. The summed E-state index contributed by atoms with van der Waals surface area (Å²) in [5.74, 6) is 0.901. The van der Waals surface area contributed by atoms with Crippen molar-refractivity contribution in [2.45, 2.75) is 49.9 Å². The SMILES string of the molecule is C[C@@H]1C[C@@H](O)c2ncnc(N3CCN(C(N[C@H]4CCNC4)C(C=O)c4ccc(Cl)cc4)CC3)c21. The number of aromatic nitrogens is 2. The Morgan fingerprint density at radius 3 is 2.65 bits per heavy atom. The van der Waals surface area contributed by atoms with Gasteiger partial charge in [0.25, 0.3) is 0 Å². The van der Waals surface area contributed by atoms with Gasteiger partial charge in [-0.25, -0.2) is 9.97 Å². The van der Waals surface area contributed by atoms with Crippen molar-refractivity contribution in [3.63, 3.8) is 0 Å².